The number of rotatable bonds is 9. The van der Waals surface area contributed by atoms with Crippen molar-refractivity contribution in [3.05, 3.63) is 120 Å². The van der Waals surface area contributed by atoms with E-state index < -0.39 is 23.7 Å². The van der Waals surface area contributed by atoms with Gasteiger partial charge in [0, 0.05) is 37.6 Å². The van der Waals surface area contributed by atoms with Crippen LogP contribution < -0.4 is 10.2 Å². The van der Waals surface area contributed by atoms with Crippen LogP contribution >= 0.6 is 0 Å². The highest BCUT2D eigenvalue weighted by Gasteiger charge is 2.32. The van der Waals surface area contributed by atoms with Gasteiger partial charge in [-0.25, -0.2) is 9.07 Å². The van der Waals surface area contributed by atoms with Crippen LogP contribution in [0.15, 0.2) is 103 Å². The number of aromatic nitrogens is 3. The maximum atomic E-state index is 14.8. The van der Waals surface area contributed by atoms with Crippen LogP contribution in [0, 0.1) is 5.82 Å². The van der Waals surface area contributed by atoms with Crippen molar-refractivity contribution in [1.82, 2.24) is 19.9 Å². The van der Waals surface area contributed by atoms with Crippen molar-refractivity contribution in [2.75, 3.05) is 24.3 Å². The Bertz CT molecular complexity index is 1620. The first-order valence-corrected chi connectivity index (χ1v) is 12.8. The zero-order valence-electron chi connectivity index (χ0n) is 22.2. The van der Waals surface area contributed by atoms with Crippen LogP contribution in [0.25, 0.3) is 11.0 Å². The van der Waals surface area contributed by atoms with Gasteiger partial charge < -0.3 is 15.1 Å². The molecule has 1 N–H and O–H groups in total. The van der Waals surface area contributed by atoms with E-state index in [9.17, 15) is 14.0 Å². The van der Waals surface area contributed by atoms with Gasteiger partial charge in [0.1, 0.15) is 23.9 Å². The molecule has 0 aliphatic heterocycles. The van der Waals surface area contributed by atoms with Crippen LogP contribution in [0.4, 0.5) is 15.8 Å². The van der Waals surface area contributed by atoms with E-state index in [1.807, 2.05) is 61.5 Å². The highest BCUT2D eigenvalue weighted by atomic mass is 19.1. The number of carbonyl (C=O) groups is 2. The lowest BCUT2D eigenvalue weighted by atomic mass is 10.0. The fourth-order valence-electron chi connectivity index (χ4n) is 4.55. The Morgan fingerprint density at radius 3 is 2.27 bits per heavy atom. The topological polar surface area (TPSA) is 83.4 Å². The summed E-state index contributed by atoms with van der Waals surface area (Å²) in [5, 5.41) is 11.2. The predicted molar refractivity (Wildman–Crippen MR) is 153 cm³/mol. The fraction of sp³-hybridized carbons (Fsp3) is 0.161. The second kappa shape index (κ2) is 11.8. The zero-order valence-corrected chi connectivity index (χ0v) is 22.2. The number of para-hydroxylation sites is 1. The van der Waals surface area contributed by atoms with E-state index in [1.54, 1.807) is 54.6 Å². The number of nitrogens with one attached hydrogen (secondary N) is 1. The normalized spacial score (nSPS) is 11.7. The largest absolute Gasteiger partial charge is 0.378 e. The molecule has 0 saturated carbocycles. The van der Waals surface area contributed by atoms with Gasteiger partial charge in [-0.3, -0.25) is 9.59 Å². The molecule has 0 spiro atoms. The molecule has 5 rings (SSSR count). The summed E-state index contributed by atoms with van der Waals surface area (Å²) in [5.74, 6) is -1.29. The van der Waals surface area contributed by atoms with E-state index in [1.165, 1.54) is 15.6 Å². The smallest absolute Gasteiger partial charge is 0.251 e. The van der Waals surface area contributed by atoms with Gasteiger partial charge in [0.05, 0.1) is 5.52 Å². The van der Waals surface area contributed by atoms with Crippen molar-refractivity contribution in [3.63, 3.8) is 0 Å². The Morgan fingerprint density at radius 1 is 0.875 bits per heavy atom. The molecule has 1 unspecified atom stereocenters. The molecule has 2 amide bonds. The molecule has 4 aromatic carbocycles. The minimum Gasteiger partial charge on any atom is -0.378 e. The van der Waals surface area contributed by atoms with Gasteiger partial charge in [-0.15, -0.1) is 5.10 Å². The number of benzene rings is 4. The molecule has 40 heavy (non-hydrogen) atoms. The van der Waals surface area contributed by atoms with Crippen molar-refractivity contribution in [1.29, 1.82) is 0 Å². The standard InChI is InChI=1S/C31H29FN6O2/c1-36(2)25-18-16-24(17-19-25)33-31(40)30(22-10-4-3-5-11-22)37(20-23-12-6-7-13-26(23)32)29(39)21-38-28-15-9-8-14-27(28)34-35-38/h3-19,30H,20-21H2,1-2H3,(H,33,40). The van der Waals surface area contributed by atoms with E-state index in [2.05, 4.69) is 15.6 Å². The molecule has 9 heteroatoms. The van der Waals surface area contributed by atoms with Gasteiger partial charge in [0.15, 0.2) is 0 Å². The summed E-state index contributed by atoms with van der Waals surface area (Å²) in [4.78, 5) is 31.3. The Balaban J connectivity index is 1.53. The van der Waals surface area contributed by atoms with Crippen molar-refractivity contribution >= 4 is 34.2 Å². The molecule has 1 aromatic heterocycles. The van der Waals surface area contributed by atoms with Crippen LogP contribution in [0.2, 0.25) is 0 Å². The quantitative estimate of drug-likeness (QED) is 0.285. The number of hydrogen-bond acceptors (Lipinski definition) is 5. The van der Waals surface area contributed by atoms with Crippen LogP contribution in [0.1, 0.15) is 17.2 Å². The molecular weight excluding hydrogens is 507 g/mol. The van der Waals surface area contributed by atoms with Gasteiger partial charge in [-0.05, 0) is 48.0 Å². The Labute approximate surface area is 231 Å². The van der Waals surface area contributed by atoms with Crippen molar-refractivity contribution < 1.29 is 14.0 Å². The monoisotopic (exact) mass is 536 g/mol. The summed E-state index contributed by atoms with van der Waals surface area (Å²) in [6.45, 7) is -0.298. The molecule has 0 saturated heterocycles. The summed E-state index contributed by atoms with van der Waals surface area (Å²) in [6, 6.07) is 28.9. The Hall–Kier alpha value is -5.05. The van der Waals surface area contributed by atoms with Crippen molar-refractivity contribution in [2.24, 2.45) is 0 Å². The van der Waals surface area contributed by atoms with E-state index >= 15 is 0 Å². The maximum Gasteiger partial charge on any atom is 0.251 e. The van der Waals surface area contributed by atoms with Crippen molar-refractivity contribution in [2.45, 2.75) is 19.1 Å². The lowest BCUT2D eigenvalue weighted by Crippen LogP contribution is -2.42. The SMILES string of the molecule is CN(C)c1ccc(NC(=O)C(c2ccccc2)N(Cc2ccccc2F)C(=O)Cn2nnc3ccccc32)cc1. The fourth-order valence-corrected chi connectivity index (χ4v) is 4.55. The molecular formula is C31H29FN6O2. The average Bonchev–Trinajstić information content (AvgIpc) is 3.37. The third-order valence-electron chi connectivity index (χ3n) is 6.65. The molecule has 202 valence electrons. The molecule has 0 aliphatic carbocycles. The van der Waals surface area contributed by atoms with E-state index in [0.717, 1.165) is 5.69 Å². The lowest BCUT2D eigenvalue weighted by Gasteiger charge is -2.32. The van der Waals surface area contributed by atoms with Crippen LogP contribution in [0.5, 0.6) is 0 Å². The second-order valence-electron chi connectivity index (χ2n) is 9.59. The van der Waals surface area contributed by atoms with E-state index in [0.29, 0.717) is 27.8 Å². The highest BCUT2D eigenvalue weighted by Crippen LogP contribution is 2.27. The van der Waals surface area contributed by atoms with Crippen LogP contribution in [-0.2, 0) is 22.7 Å². The summed E-state index contributed by atoms with van der Waals surface area (Å²) in [7, 11) is 3.87. The molecule has 8 nitrogen and oxygen atoms in total. The number of hydrogen-bond donors (Lipinski definition) is 1. The Morgan fingerprint density at radius 2 is 1.55 bits per heavy atom. The van der Waals surface area contributed by atoms with Gasteiger partial charge >= 0.3 is 0 Å². The van der Waals surface area contributed by atoms with E-state index in [4.69, 9.17) is 0 Å². The molecule has 5 aromatic rings. The minimum absolute atomic E-state index is 0.120. The zero-order chi connectivity index (χ0) is 28.1. The number of halogens is 1. The number of carbonyl (C=O) groups excluding carboxylic acids is 2. The Kier molecular flexibility index (Phi) is 7.82. The summed E-state index contributed by atoms with van der Waals surface area (Å²) >= 11 is 0. The van der Waals surface area contributed by atoms with Crippen molar-refractivity contribution in [3.8, 4) is 0 Å². The predicted octanol–water partition coefficient (Wildman–Crippen LogP) is 5.05. The summed E-state index contributed by atoms with van der Waals surface area (Å²) in [5.41, 5.74) is 3.78. The minimum atomic E-state index is -1.04. The molecule has 0 radical (unpaired) electrons. The second-order valence-corrected chi connectivity index (χ2v) is 9.59. The van der Waals surface area contributed by atoms with Gasteiger partial charge in [0.25, 0.3) is 5.91 Å². The number of amides is 2. The van der Waals surface area contributed by atoms with Crippen LogP contribution in [-0.4, -0.2) is 45.8 Å². The molecule has 1 heterocycles. The number of fused-ring (bicyclic) bond motifs is 1. The molecule has 0 aliphatic rings. The summed E-state index contributed by atoms with van der Waals surface area (Å²) in [6.07, 6.45) is 0. The maximum absolute atomic E-state index is 14.8. The first-order valence-electron chi connectivity index (χ1n) is 12.8. The van der Waals surface area contributed by atoms with Gasteiger partial charge in [-0.2, -0.15) is 0 Å². The van der Waals surface area contributed by atoms with E-state index in [-0.39, 0.29) is 13.1 Å². The third-order valence-corrected chi connectivity index (χ3v) is 6.65. The highest BCUT2D eigenvalue weighted by molar-refractivity contribution is 5.98. The van der Waals surface area contributed by atoms with Gasteiger partial charge in [-0.1, -0.05) is 65.9 Å². The first-order chi connectivity index (χ1) is 19.4. The lowest BCUT2D eigenvalue weighted by molar-refractivity contribution is -0.140. The number of nitrogens with zero attached hydrogens (tertiary/aromatic N) is 5. The van der Waals surface area contributed by atoms with Gasteiger partial charge in [0.2, 0.25) is 5.91 Å². The molecule has 1 atom stereocenters. The average molecular weight is 537 g/mol. The molecule has 0 bridgehead atoms. The third kappa shape index (κ3) is 5.83. The number of anilines is 2. The summed E-state index contributed by atoms with van der Waals surface area (Å²) < 4.78 is 16.3. The molecule has 0 fully saturated rings. The first kappa shape index (κ1) is 26.6. The van der Waals surface area contributed by atoms with Crippen LogP contribution in [0.3, 0.4) is 0 Å².